The van der Waals surface area contributed by atoms with Crippen LogP contribution in [0.4, 0.5) is 11.4 Å². The zero-order valence-electron chi connectivity index (χ0n) is 19.2. The van der Waals surface area contributed by atoms with Crippen molar-refractivity contribution in [2.24, 2.45) is 5.92 Å². The summed E-state index contributed by atoms with van der Waals surface area (Å²) in [4.78, 5) is 23.6. The van der Waals surface area contributed by atoms with Crippen molar-refractivity contribution in [2.45, 2.75) is 47.7 Å². The number of carbonyl (C=O) groups excluding carboxylic acids is 1. The first-order valence-corrected chi connectivity index (χ1v) is 10.3. The molecule has 1 atom stereocenters. The Morgan fingerprint density at radius 2 is 1.84 bits per heavy atom. The van der Waals surface area contributed by atoms with Gasteiger partial charge in [0.05, 0.1) is 48.1 Å². The predicted molar refractivity (Wildman–Crippen MR) is 120 cm³/mol. The Balaban J connectivity index is 1.73. The summed E-state index contributed by atoms with van der Waals surface area (Å²) in [5.41, 5.74) is 4.02. The van der Waals surface area contributed by atoms with Crippen LogP contribution in [0.2, 0.25) is 0 Å². The maximum atomic E-state index is 12.9. The van der Waals surface area contributed by atoms with Gasteiger partial charge in [0, 0.05) is 0 Å². The van der Waals surface area contributed by atoms with Crippen LogP contribution in [0.1, 0.15) is 35.3 Å². The number of nitrogens with zero attached hydrogens (tertiary/aromatic N) is 5. The first-order chi connectivity index (χ1) is 15.1. The van der Waals surface area contributed by atoms with Gasteiger partial charge in [0.25, 0.3) is 0 Å². The fourth-order valence-electron chi connectivity index (χ4n) is 3.69. The number of rotatable bonds is 8. The Bertz CT molecular complexity index is 1160. The summed E-state index contributed by atoms with van der Waals surface area (Å²) in [7, 11) is 1.63. The van der Waals surface area contributed by atoms with E-state index >= 15 is 0 Å². The van der Waals surface area contributed by atoms with Crippen LogP contribution in [0.25, 0.3) is 0 Å². The molecular weight excluding hydrogens is 412 g/mol. The van der Waals surface area contributed by atoms with Crippen molar-refractivity contribution >= 4 is 17.3 Å². The highest BCUT2D eigenvalue weighted by Crippen LogP contribution is 2.24. The van der Waals surface area contributed by atoms with Crippen molar-refractivity contribution in [3.8, 4) is 5.75 Å². The summed E-state index contributed by atoms with van der Waals surface area (Å²) >= 11 is 0. The van der Waals surface area contributed by atoms with Gasteiger partial charge in [-0.05, 0) is 45.4 Å². The zero-order chi connectivity index (χ0) is 23.6. The fraction of sp³-hybridized carbons (Fsp3) is 0.409. The van der Waals surface area contributed by atoms with Gasteiger partial charge in [-0.25, -0.2) is 0 Å². The molecule has 0 saturated carbocycles. The molecule has 0 fully saturated rings. The summed E-state index contributed by atoms with van der Waals surface area (Å²) in [5, 5.41) is 23.0. The number of amides is 1. The number of hydrogen-bond donors (Lipinski definition) is 1. The first-order valence-electron chi connectivity index (χ1n) is 10.3. The van der Waals surface area contributed by atoms with Crippen LogP contribution in [0.5, 0.6) is 5.75 Å². The molecule has 3 rings (SSSR count). The zero-order valence-corrected chi connectivity index (χ0v) is 19.2. The lowest BCUT2D eigenvalue weighted by Crippen LogP contribution is -2.25. The molecule has 0 aliphatic rings. The van der Waals surface area contributed by atoms with Crippen LogP contribution in [0.3, 0.4) is 0 Å². The molecular formula is C22H28N6O4. The van der Waals surface area contributed by atoms with Gasteiger partial charge in [0.2, 0.25) is 5.91 Å². The second-order valence-corrected chi connectivity index (χ2v) is 7.90. The molecule has 3 aromatic rings. The van der Waals surface area contributed by atoms with E-state index in [1.807, 2.05) is 42.8 Å². The minimum absolute atomic E-state index is 0.0110. The second-order valence-electron chi connectivity index (χ2n) is 7.90. The van der Waals surface area contributed by atoms with Crippen molar-refractivity contribution in [1.82, 2.24) is 19.6 Å². The number of carbonyl (C=O) groups is 1. The molecule has 170 valence electrons. The van der Waals surface area contributed by atoms with Gasteiger partial charge in [-0.2, -0.15) is 10.2 Å². The Labute approximate surface area is 186 Å². The van der Waals surface area contributed by atoms with Gasteiger partial charge in [-0.15, -0.1) is 0 Å². The molecule has 2 aromatic heterocycles. The number of aryl methyl sites for hydroxylation is 2. The summed E-state index contributed by atoms with van der Waals surface area (Å²) in [6.07, 6.45) is 0. The number of anilines is 1. The minimum Gasteiger partial charge on any atom is -0.497 e. The summed E-state index contributed by atoms with van der Waals surface area (Å²) in [6.45, 7) is 9.54. The van der Waals surface area contributed by atoms with Gasteiger partial charge in [-0.1, -0.05) is 19.1 Å². The Kier molecular flexibility index (Phi) is 6.61. The highest BCUT2D eigenvalue weighted by atomic mass is 16.6. The number of nitrogens with one attached hydrogen (secondary N) is 1. The topological polar surface area (TPSA) is 117 Å². The van der Waals surface area contributed by atoms with Gasteiger partial charge in [0.1, 0.15) is 17.1 Å². The number of methoxy groups -OCH3 is 1. The van der Waals surface area contributed by atoms with Gasteiger partial charge >= 0.3 is 5.69 Å². The maximum absolute atomic E-state index is 12.9. The van der Waals surface area contributed by atoms with E-state index in [0.29, 0.717) is 29.3 Å². The minimum atomic E-state index is -0.451. The van der Waals surface area contributed by atoms with Gasteiger partial charge in [0.15, 0.2) is 0 Å². The first kappa shape index (κ1) is 23.0. The van der Waals surface area contributed by atoms with Crippen molar-refractivity contribution in [3.63, 3.8) is 0 Å². The average Bonchev–Trinajstić information content (AvgIpc) is 3.17. The molecule has 0 aliphatic heterocycles. The lowest BCUT2D eigenvalue weighted by molar-refractivity contribution is -0.386. The number of benzene rings is 1. The molecule has 1 unspecified atom stereocenters. The Morgan fingerprint density at radius 1 is 1.16 bits per heavy atom. The monoisotopic (exact) mass is 440 g/mol. The molecule has 32 heavy (non-hydrogen) atoms. The lowest BCUT2D eigenvalue weighted by atomic mass is 10.1. The summed E-state index contributed by atoms with van der Waals surface area (Å²) < 4.78 is 8.64. The van der Waals surface area contributed by atoms with E-state index in [4.69, 9.17) is 4.74 Å². The Hall–Kier alpha value is -3.69. The van der Waals surface area contributed by atoms with Gasteiger partial charge in [-0.3, -0.25) is 24.3 Å². The predicted octanol–water partition coefficient (Wildman–Crippen LogP) is 3.55. The molecule has 1 N–H and O–H groups in total. The normalized spacial score (nSPS) is 11.9. The maximum Gasteiger partial charge on any atom is 0.312 e. The van der Waals surface area contributed by atoms with Crippen LogP contribution in [-0.2, 0) is 17.9 Å². The van der Waals surface area contributed by atoms with Crippen LogP contribution in [-0.4, -0.2) is 37.5 Å². The van der Waals surface area contributed by atoms with Crippen LogP contribution >= 0.6 is 0 Å². The second kappa shape index (κ2) is 9.21. The quantitative estimate of drug-likeness (QED) is 0.423. The summed E-state index contributed by atoms with van der Waals surface area (Å²) in [6, 6.07) is 7.75. The lowest BCUT2D eigenvalue weighted by Gasteiger charge is -2.14. The number of ether oxygens (including phenoxy) is 1. The third kappa shape index (κ3) is 4.63. The SMILES string of the molecule is COc1cccc(Cn2nc(C)c(NC(=O)C(C)Cn3nc(C)c([N+](=O)[O-])c3C)c2C)c1. The number of aromatic nitrogens is 4. The van der Waals surface area contributed by atoms with Crippen molar-refractivity contribution in [2.75, 3.05) is 12.4 Å². The van der Waals surface area contributed by atoms with Crippen LogP contribution in [0, 0.1) is 43.7 Å². The summed E-state index contributed by atoms with van der Waals surface area (Å²) in [5.74, 6) is 0.122. The van der Waals surface area contributed by atoms with Gasteiger partial charge < -0.3 is 10.1 Å². The molecule has 10 heteroatoms. The number of nitro groups is 1. The molecule has 1 amide bonds. The van der Waals surface area contributed by atoms with E-state index in [1.54, 1.807) is 27.9 Å². The number of hydrogen-bond acceptors (Lipinski definition) is 6. The highest BCUT2D eigenvalue weighted by molar-refractivity contribution is 5.93. The Morgan fingerprint density at radius 3 is 2.47 bits per heavy atom. The molecule has 2 heterocycles. The average molecular weight is 441 g/mol. The largest absolute Gasteiger partial charge is 0.497 e. The van der Waals surface area contributed by atoms with E-state index < -0.39 is 10.8 Å². The van der Waals surface area contributed by atoms with E-state index in [-0.39, 0.29) is 18.1 Å². The molecule has 0 radical (unpaired) electrons. The van der Waals surface area contributed by atoms with E-state index in [9.17, 15) is 14.9 Å². The smallest absolute Gasteiger partial charge is 0.312 e. The van der Waals surface area contributed by atoms with Crippen molar-refractivity contribution < 1.29 is 14.5 Å². The molecule has 0 bridgehead atoms. The standard InChI is InChI=1S/C22H28N6O4/c1-13(11-26-17(5)21(28(30)31)15(3)25-26)22(29)23-20-14(2)24-27(16(20)4)12-18-8-7-9-19(10-18)32-6/h7-10,13H,11-12H2,1-6H3,(H,23,29). The van der Waals surface area contributed by atoms with Crippen molar-refractivity contribution in [1.29, 1.82) is 0 Å². The third-order valence-electron chi connectivity index (χ3n) is 5.52. The highest BCUT2D eigenvalue weighted by Gasteiger charge is 2.25. The molecule has 0 saturated heterocycles. The van der Waals surface area contributed by atoms with Crippen LogP contribution in [0.15, 0.2) is 24.3 Å². The molecule has 1 aromatic carbocycles. The fourth-order valence-corrected chi connectivity index (χ4v) is 3.69. The van der Waals surface area contributed by atoms with E-state index in [2.05, 4.69) is 15.5 Å². The molecule has 0 spiro atoms. The van der Waals surface area contributed by atoms with Crippen LogP contribution < -0.4 is 10.1 Å². The van der Waals surface area contributed by atoms with Crippen molar-refractivity contribution in [3.05, 3.63) is 62.7 Å². The molecule has 10 nitrogen and oxygen atoms in total. The van der Waals surface area contributed by atoms with E-state index in [1.165, 1.54) is 4.68 Å². The van der Waals surface area contributed by atoms with E-state index in [0.717, 1.165) is 17.0 Å². The third-order valence-corrected chi connectivity index (χ3v) is 5.52. The molecule has 0 aliphatic carbocycles.